The number of benzene rings is 1. The average molecular weight is 372 g/mol. The van der Waals surface area contributed by atoms with Crippen molar-refractivity contribution in [2.24, 2.45) is 5.92 Å². The number of halogens is 3. The SMILES string of the molecule is CCc1c(OCC(CC)CC)ccc2c1OC(C(F)(F)F)C(C(=O)O)=C2. The second-order valence-corrected chi connectivity index (χ2v) is 6.25. The van der Waals surface area contributed by atoms with Crippen molar-refractivity contribution in [1.82, 2.24) is 0 Å². The summed E-state index contributed by atoms with van der Waals surface area (Å²) in [6, 6.07) is 3.19. The minimum absolute atomic E-state index is 0.0434. The molecule has 1 N–H and O–H groups in total. The summed E-state index contributed by atoms with van der Waals surface area (Å²) in [5, 5.41) is 9.11. The van der Waals surface area contributed by atoms with E-state index in [1.807, 2.05) is 0 Å². The van der Waals surface area contributed by atoms with Crippen molar-refractivity contribution in [3.63, 3.8) is 0 Å². The van der Waals surface area contributed by atoms with E-state index in [4.69, 9.17) is 14.6 Å². The van der Waals surface area contributed by atoms with Gasteiger partial charge in [-0.15, -0.1) is 0 Å². The molecule has 0 bridgehead atoms. The molecule has 1 aromatic carbocycles. The summed E-state index contributed by atoms with van der Waals surface area (Å²) in [5.74, 6) is -0.767. The van der Waals surface area contributed by atoms with Crippen LogP contribution in [0.2, 0.25) is 0 Å². The first kappa shape index (κ1) is 20.1. The molecule has 1 aliphatic rings. The molecule has 1 unspecified atom stereocenters. The third-order valence-corrected chi connectivity index (χ3v) is 4.60. The van der Waals surface area contributed by atoms with Crippen molar-refractivity contribution >= 4 is 12.0 Å². The van der Waals surface area contributed by atoms with Gasteiger partial charge in [-0.1, -0.05) is 33.6 Å². The van der Waals surface area contributed by atoms with Gasteiger partial charge in [0.1, 0.15) is 11.5 Å². The fraction of sp³-hybridized carbons (Fsp3) is 0.526. The summed E-state index contributed by atoms with van der Waals surface area (Å²) in [6.07, 6.45) is -3.99. The zero-order valence-electron chi connectivity index (χ0n) is 15.0. The van der Waals surface area contributed by atoms with Crippen LogP contribution in [0.4, 0.5) is 13.2 Å². The third kappa shape index (κ3) is 4.14. The van der Waals surface area contributed by atoms with Crippen LogP contribution in [0.3, 0.4) is 0 Å². The summed E-state index contributed by atoms with van der Waals surface area (Å²) < 4.78 is 50.8. The quantitative estimate of drug-likeness (QED) is 0.743. The maximum Gasteiger partial charge on any atom is 0.430 e. The Hall–Kier alpha value is -2.18. The lowest BCUT2D eigenvalue weighted by molar-refractivity contribution is -0.187. The molecule has 0 saturated carbocycles. The van der Waals surface area contributed by atoms with Gasteiger partial charge in [-0.05, 0) is 30.5 Å². The highest BCUT2D eigenvalue weighted by atomic mass is 19.4. The van der Waals surface area contributed by atoms with E-state index in [1.54, 1.807) is 13.0 Å². The molecule has 1 heterocycles. The van der Waals surface area contributed by atoms with Crippen molar-refractivity contribution in [1.29, 1.82) is 0 Å². The lowest BCUT2D eigenvalue weighted by atomic mass is 9.97. The van der Waals surface area contributed by atoms with E-state index < -0.39 is 23.8 Å². The highest BCUT2D eigenvalue weighted by Gasteiger charge is 2.48. The van der Waals surface area contributed by atoms with Gasteiger partial charge in [-0.3, -0.25) is 0 Å². The first-order valence-corrected chi connectivity index (χ1v) is 8.69. The minimum atomic E-state index is -4.82. The van der Waals surface area contributed by atoms with Gasteiger partial charge in [0.15, 0.2) is 0 Å². The minimum Gasteiger partial charge on any atom is -0.493 e. The number of carbonyl (C=O) groups is 1. The number of ether oxygens (including phenoxy) is 2. The van der Waals surface area contributed by atoms with Crippen LogP contribution in [-0.4, -0.2) is 30.0 Å². The lowest BCUT2D eigenvalue weighted by Gasteiger charge is -2.29. The lowest BCUT2D eigenvalue weighted by Crippen LogP contribution is -2.40. The average Bonchev–Trinajstić information content (AvgIpc) is 2.60. The number of rotatable bonds is 7. The molecule has 0 radical (unpaired) electrons. The molecule has 2 rings (SSSR count). The molecule has 1 atom stereocenters. The molecular formula is C19H23F3O4. The molecule has 7 heteroatoms. The van der Waals surface area contributed by atoms with E-state index in [1.165, 1.54) is 6.07 Å². The Labute approximate surface area is 150 Å². The van der Waals surface area contributed by atoms with Gasteiger partial charge < -0.3 is 14.6 Å². The van der Waals surface area contributed by atoms with Crippen molar-refractivity contribution in [2.75, 3.05) is 6.61 Å². The maximum atomic E-state index is 13.3. The standard InChI is InChI=1S/C19H23F3O4/c1-4-11(5-2)10-25-15-8-7-12-9-14(18(23)24)17(19(20,21)22)26-16(12)13(15)6-3/h7-9,11,17H,4-6,10H2,1-3H3,(H,23,24). The van der Waals surface area contributed by atoms with Crippen LogP contribution < -0.4 is 9.47 Å². The van der Waals surface area contributed by atoms with E-state index in [2.05, 4.69) is 13.8 Å². The normalized spacial score (nSPS) is 16.7. The highest BCUT2D eigenvalue weighted by Crippen LogP contribution is 2.42. The number of carboxylic acids is 1. The second-order valence-electron chi connectivity index (χ2n) is 6.25. The number of carboxylic acid groups (broad SMARTS) is 1. The van der Waals surface area contributed by atoms with Crippen molar-refractivity contribution in [3.8, 4) is 11.5 Å². The zero-order chi connectivity index (χ0) is 19.5. The van der Waals surface area contributed by atoms with E-state index in [0.29, 0.717) is 35.8 Å². The van der Waals surface area contributed by atoms with Crippen LogP contribution in [0.5, 0.6) is 11.5 Å². The Kier molecular flexibility index (Phi) is 6.21. The molecule has 0 amide bonds. The van der Waals surface area contributed by atoms with Crippen molar-refractivity contribution in [3.05, 3.63) is 28.8 Å². The molecule has 26 heavy (non-hydrogen) atoms. The molecule has 144 valence electrons. The van der Waals surface area contributed by atoms with Gasteiger partial charge >= 0.3 is 12.1 Å². The first-order valence-electron chi connectivity index (χ1n) is 8.69. The third-order valence-electron chi connectivity index (χ3n) is 4.60. The van der Waals surface area contributed by atoms with E-state index >= 15 is 0 Å². The molecule has 0 aromatic heterocycles. The van der Waals surface area contributed by atoms with Crippen LogP contribution in [0.25, 0.3) is 6.08 Å². The van der Waals surface area contributed by atoms with E-state index in [9.17, 15) is 18.0 Å². The number of hydrogen-bond donors (Lipinski definition) is 1. The Bertz CT molecular complexity index is 691. The fourth-order valence-electron chi connectivity index (χ4n) is 2.92. The number of hydrogen-bond acceptors (Lipinski definition) is 3. The summed E-state index contributed by atoms with van der Waals surface area (Å²) in [7, 11) is 0. The Morgan fingerprint density at radius 1 is 1.27 bits per heavy atom. The number of aliphatic carboxylic acids is 1. The Morgan fingerprint density at radius 2 is 1.92 bits per heavy atom. The first-order chi connectivity index (χ1) is 12.2. The summed E-state index contributed by atoms with van der Waals surface area (Å²) in [6.45, 7) is 6.38. The van der Waals surface area contributed by atoms with Gasteiger partial charge in [0.2, 0.25) is 6.10 Å². The number of fused-ring (bicyclic) bond motifs is 1. The van der Waals surface area contributed by atoms with Crippen molar-refractivity contribution < 1.29 is 32.5 Å². The smallest absolute Gasteiger partial charge is 0.430 e. The van der Waals surface area contributed by atoms with Crippen LogP contribution >= 0.6 is 0 Å². The summed E-state index contributed by atoms with van der Waals surface area (Å²) in [5.41, 5.74) is 0.00998. The van der Waals surface area contributed by atoms with Crippen LogP contribution in [0, 0.1) is 5.92 Å². The Balaban J connectivity index is 2.43. The molecule has 0 fully saturated rings. The largest absolute Gasteiger partial charge is 0.493 e. The molecule has 0 saturated heterocycles. The number of alkyl halides is 3. The van der Waals surface area contributed by atoms with Crippen LogP contribution in [0.15, 0.2) is 17.7 Å². The summed E-state index contributed by atoms with van der Waals surface area (Å²) >= 11 is 0. The molecule has 1 aliphatic heterocycles. The van der Waals surface area contributed by atoms with Gasteiger partial charge in [0.25, 0.3) is 0 Å². The molecular weight excluding hydrogens is 349 g/mol. The monoisotopic (exact) mass is 372 g/mol. The zero-order valence-corrected chi connectivity index (χ0v) is 15.0. The fourth-order valence-corrected chi connectivity index (χ4v) is 2.92. The van der Waals surface area contributed by atoms with Crippen LogP contribution in [-0.2, 0) is 11.2 Å². The topological polar surface area (TPSA) is 55.8 Å². The molecule has 0 spiro atoms. The highest BCUT2D eigenvalue weighted by molar-refractivity contribution is 5.95. The predicted molar refractivity (Wildman–Crippen MR) is 91.5 cm³/mol. The van der Waals surface area contributed by atoms with Gasteiger partial charge in [-0.2, -0.15) is 13.2 Å². The maximum absolute atomic E-state index is 13.3. The molecule has 1 aromatic rings. The van der Waals surface area contributed by atoms with Gasteiger partial charge in [0.05, 0.1) is 12.2 Å². The van der Waals surface area contributed by atoms with Gasteiger partial charge in [-0.25, -0.2) is 4.79 Å². The summed E-state index contributed by atoms with van der Waals surface area (Å²) in [4.78, 5) is 11.2. The van der Waals surface area contributed by atoms with Crippen molar-refractivity contribution in [2.45, 2.75) is 52.3 Å². The predicted octanol–water partition coefficient (Wildman–Crippen LogP) is 4.86. The molecule has 0 aliphatic carbocycles. The molecule has 4 nitrogen and oxygen atoms in total. The van der Waals surface area contributed by atoms with Crippen LogP contribution in [0.1, 0.15) is 44.7 Å². The van der Waals surface area contributed by atoms with E-state index in [0.717, 1.165) is 18.9 Å². The van der Waals surface area contributed by atoms with Gasteiger partial charge in [0, 0.05) is 11.1 Å². The van der Waals surface area contributed by atoms with E-state index in [-0.39, 0.29) is 5.75 Å². The Morgan fingerprint density at radius 3 is 2.42 bits per heavy atom. The second kappa shape index (κ2) is 8.01.